The van der Waals surface area contributed by atoms with Crippen LogP contribution in [0.25, 0.3) is 0 Å². The summed E-state index contributed by atoms with van der Waals surface area (Å²) in [6, 6.07) is 0.730. The standard InChI is InChI=1S/C16H30N2O.ClH/c1-12(11-13-5-3-2-4-6-13)16(19)18-15-9-7-14(17)8-10-15;/h12-15H,2-11,17H2,1H3,(H,18,19);1H. The van der Waals surface area contributed by atoms with Gasteiger partial charge >= 0.3 is 0 Å². The van der Waals surface area contributed by atoms with E-state index in [9.17, 15) is 4.79 Å². The average molecular weight is 303 g/mol. The van der Waals surface area contributed by atoms with Gasteiger partial charge in [-0.3, -0.25) is 4.79 Å². The van der Waals surface area contributed by atoms with Crippen LogP contribution in [0.15, 0.2) is 0 Å². The second kappa shape index (κ2) is 8.89. The van der Waals surface area contributed by atoms with E-state index in [1.165, 1.54) is 32.1 Å². The average Bonchev–Trinajstić information content (AvgIpc) is 2.42. The highest BCUT2D eigenvalue weighted by atomic mass is 35.5. The molecule has 3 N–H and O–H groups in total. The highest BCUT2D eigenvalue weighted by molar-refractivity contribution is 5.85. The van der Waals surface area contributed by atoms with Crippen molar-refractivity contribution in [2.45, 2.75) is 83.2 Å². The Morgan fingerprint density at radius 3 is 2.30 bits per heavy atom. The van der Waals surface area contributed by atoms with E-state index in [4.69, 9.17) is 5.73 Å². The Balaban J connectivity index is 0.00000200. The van der Waals surface area contributed by atoms with Crippen LogP contribution in [0, 0.1) is 11.8 Å². The topological polar surface area (TPSA) is 55.1 Å². The molecule has 0 spiro atoms. The van der Waals surface area contributed by atoms with Crippen molar-refractivity contribution in [2.75, 3.05) is 0 Å². The maximum absolute atomic E-state index is 12.2. The second-order valence-electron chi connectivity index (χ2n) is 6.76. The molecule has 2 aliphatic rings. The molecule has 0 saturated heterocycles. The fourth-order valence-corrected chi connectivity index (χ4v) is 3.64. The van der Waals surface area contributed by atoms with E-state index in [2.05, 4.69) is 12.2 Å². The molecule has 2 saturated carbocycles. The summed E-state index contributed by atoms with van der Waals surface area (Å²) in [5.41, 5.74) is 5.90. The van der Waals surface area contributed by atoms with Gasteiger partial charge in [-0.2, -0.15) is 0 Å². The number of carbonyl (C=O) groups is 1. The highest BCUT2D eigenvalue weighted by Crippen LogP contribution is 2.29. The van der Waals surface area contributed by atoms with Crippen LogP contribution in [0.1, 0.15) is 71.1 Å². The first-order valence-corrected chi connectivity index (χ1v) is 8.21. The molecule has 0 radical (unpaired) electrons. The molecular weight excluding hydrogens is 272 g/mol. The first kappa shape index (κ1) is 17.8. The summed E-state index contributed by atoms with van der Waals surface area (Å²) in [5.74, 6) is 1.24. The second-order valence-corrected chi connectivity index (χ2v) is 6.76. The lowest BCUT2D eigenvalue weighted by Crippen LogP contribution is -2.42. The largest absolute Gasteiger partial charge is 0.353 e. The van der Waals surface area contributed by atoms with E-state index >= 15 is 0 Å². The van der Waals surface area contributed by atoms with E-state index < -0.39 is 0 Å². The lowest BCUT2D eigenvalue weighted by atomic mass is 9.83. The number of hydrogen-bond donors (Lipinski definition) is 2. The van der Waals surface area contributed by atoms with Gasteiger partial charge in [-0.15, -0.1) is 12.4 Å². The number of halogens is 1. The summed E-state index contributed by atoms with van der Waals surface area (Å²) in [6.07, 6.45) is 12.1. The monoisotopic (exact) mass is 302 g/mol. The molecule has 4 heteroatoms. The molecule has 3 nitrogen and oxygen atoms in total. The van der Waals surface area contributed by atoms with Crippen molar-refractivity contribution in [3.05, 3.63) is 0 Å². The van der Waals surface area contributed by atoms with Crippen LogP contribution in [0.3, 0.4) is 0 Å². The molecule has 0 aromatic heterocycles. The molecule has 0 heterocycles. The van der Waals surface area contributed by atoms with Crippen LogP contribution < -0.4 is 11.1 Å². The molecule has 0 aromatic carbocycles. The van der Waals surface area contributed by atoms with Crippen LogP contribution in [0.5, 0.6) is 0 Å². The third kappa shape index (κ3) is 5.61. The quantitative estimate of drug-likeness (QED) is 0.836. The van der Waals surface area contributed by atoms with Gasteiger partial charge in [0.05, 0.1) is 0 Å². The molecule has 2 fully saturated rings. The van der Waals surface area contributed by atoms with E-state index in [0.717, 1.165) is 38.0 Å². The van der Waals surface area contributed by atoms with Crippen LogP contribution in [0.2, 0.25) is 0 Å². The Kier molecular flexibility index (Phi) is 7.90. The van der Waals surface area contributed by atoms with Gasteiger partial charge in [-0.1, -0.05) is 39.0 Å². The summed E-state index contributed by atoms with van der Waals surface area (Å²) >= 11 is 0. The van der Waals surface area contributed by atoms with Gasteiger partial charge in [0.25, 0.3) is 0 Å². The van der Waals surface area contributed by atoms with Crippen molar-refractivity contribution >= 4 is 18.3 Å². The Bertz CT molecular complexity index is 284. The number of rotatable bonds is 4. The maximum atomic E-state index is 12.2. The molecule has 2 rings (SSSR count). The Labute approximate surface area is 129 Å². The third-order valence-electron chi connectivity index (χ3n) is 4.98. The number of amides is 1. The smallest absolute Gasteiger partial charge is 0.223 e. The minimum Gasteiger partial charge on any atom is -0.353 e. The van der Waals surface area contributed by atoms with Crippen LogP contribution in [-0.4, -0.2) is 18.0 Å². The van der Waals surface area contributed by atoms with Crippen LogP contribution in [0.4, 0.5) is 0 Å². The van der Waals surface area contributed by atoms with E-state index in [1.807, 2.05) is 0 Å². The third-order valence-corrected chi connectivity index (χ3v) is 4.98. The van der Waals surface area contributed by atoms with Crippen molar-refractivity contribution in [1.29, 1.82) is 0 Å². The van der Waals surface area contributed by atoms with Crippen molar-refractivity contribution < 1.29 is 4.79 Å². The molecule has 118 valence electrons. The molecule has 0 aromatic rings. The Hall–Kier alpha value is -0.280. The molecule has 1 unspecified atom stereocenters. The lowest BCUT2D eigenvalue weighted by molar-refractivity contribution is -0.126. The zero-order valence-electron chi connectivity index (χ0n) is 12.8. The van der Waals surface area contributed by atoms with Crippen LogP contribution >= 0.6 is 12.4 Å². The zero-order valence-corrected chi connectivity index (χ0v) is 13.6. The van der Waals surface area contributed by atoms with Gasteiger partial charge in [0.15, 0.2) is 0 Å². The first-order chi connectivity index (χ1) is 9.15. The predicted octanol–water partition coefficient (Wildman–Crippen LogP) is 3.40. The highest BCUT2D eigenvalue weighted by Gasteiger charge is 2.24. The molecule has 20 heavy (non-hydrogen) atoms. The summed E-state index contributed by atoms with van der Waals surface area (Å²) in [5, 5.41) is 3.23. The van der Waals surface area contributed by atoms with Crippen molar-refractivity contribution in [3.63, 3.8) is 0 Å². The number of carbonyl (C=O) groups excluding carboxylic acids is 1. The summed E-state index contributed by atoms with van der Waals surface area (Å²) in [4.78, 5) is 12.2. The first-order valence-electron chi connectivity index (χ1n) is 8.21. The van der Waals surface area contributed by atoms with Gasteiger partial charge in [0, 0.05) is 18.0 Å². The van der Waals surface area contributed by atoms with E-state index in [0.29, 0.717) is 12.1 Å². The summed E-state index contributed by atoms with van der Waals surface area (Å²) in [7, 11) is 0. The van der Waals surface area contributed by atoms with Gasteiger partial charge in [0.1, 0.15) is 0 Å². The Morgan fingerprint density at radius 1 is 1.10 bits per heavy atom. The zero-order chi connectivity index (χ0) is 13.7. The minimum absolute atomic E-state index is 0. The number of hydrogen-bond acceptors (Lipinski definition) is 2. The fraction of sp³-hybridized carbons (Fsp3) is 0.938. The maximum Gasteiger partial charge on any atom is 0.223 e. The summed E-state index contributed by atoms with van der Waals surface area (Å²) < 4.78 is 0. The van der Waals surface area contributed by atoms with Gasteiger partial charge in [-0.05, 0) is 38.0 Å². The Morgan fingerprint density at radius 2 is 1.70 bits per heavy atom. The van der Waals surface area contributed by atoms with Gasteiger partial charge in [0.2, 0.25) is 5.91 Å². The molecule has 2 aliphatic carbocycles. The molecule has 1 amide bonds. The molecular formula is C16H31ClN2O. The van der Waals surface area contributed by atoms with Crippen molar-refractivity contribution in [2.24, 2.45) is 17.6 Å². The number of nitrogens with two attached hydrogens (primary N) is 1. The molecule has 1 atom stereocenters. The predicted molar refractivity (Wildman–Crippen MR) is 86.0 cm³/mol. The molecule has 0 aliphatic heterocycles. The SMILES string of the molecule is CC(CC1CCCCC1)C(=O)NC1CCC(N)CC1.Cl. The minimum atomic E-state index is 0. The number of nitrogens with one attached hydrogen (secondary N) is 1. The summed E-state index contributed by atoms with van der Waals surface area (Å²) in [6.45, 7) is 2.10. The normalized spacial score (nSPS) is 29.3. The van der Waals surface area contributed by atoms with E-state index in [1.54, 1.807) is 0 Å². The fourth-order valence-electron chi connectivity index (χ4n) is 3.64. The van der Waals surface area contributed by atoms with Gasteiger partial charge in [-0.25, -0.2) is 0 Å². The van der Waals surface area contributed by atoms with Gasteiger partial charge < -0.3 is 11.1 Å². The molecule has 0 bridgehead atoms. The van der Waals surface area contributed by atoms with Crippen molar-refractivity contribution in [1.82, 2.24) is 5.32 Å². The van der Waals surface area contributed by atoms with Crippen molar-refractivity contribution in [3.8, 4) is 0 Å². The van der Waals surface area contributed by atoms with Crippen LogP contribution in [-0.2, 0) is 4.79 Å². The van der Waals surface area contributed by atoms with E-state index in [-0.39, 0.29) is 24.2 Å². The lowest BCUT2D eigenvalue weighted by Gasteiger charge is -2.29.